The van der Waals surface area contributed by atoms with Crippen LogP contribution < -0.4 is 19.6 Å². The van der Waals surface area contributed by atoms with E-state index in [1.54, 1.807) is 28.9 Å². The van der Waals surface area contributed by atoms with Crippen molar-refractivity contribution < 1.29 is 23.8 Å². The molecule has 2 aromatic rings. The highest BCUT2D eigenvalue weighted by molar-refractivity contribution is 5.83. The number of hydrogen-bond acceptors (Lipinski definition) is 6. The van der Waals surface area contributed by atoms with Gasteiger partial charge in [0.05, 0.1) is 0 Å². The van der Waals surface area contributed by atoms with E-state index in [-0.39, 0.29) is 36.2 Å². The maximum Gasteiger partial charge on any atom is 0.267 e. The van der Waals surface area contributed by atoms with Gasteiger partial charge in [-0.15, -0.1) is 0 Å². The summed E-state index contributed by atoms with van der Waals surface area (Å²) in [5, 5.41) is 0. The van der Waals surface area contributed by atoms with Crippen LogP contribution in [0.15, 0.2) is 41.3 Å². The molecule has 1 fully saturated rings. The van der Waals surface area contributed by atoms with Gasteiger partial charge in [0.15, 0.2) is 23.9 Å². The van der Waals surface area contributed by atoms with Gasteiger partial charge in [0.25, 0.3) is 11.8 Å². The van der Waals surface area contributed by atoms with Crippen molar-refractivity contribution in [1.82, 2.24) is 14.8 Å². The van der Waals surface area contributed by atoms with Gasteiger partial charge < -0.3 is 29.0 Å². The third-order valence-electron chi connectivity index (χ3n) is 5.10. The Balaban J connectivity index is 1.27. The third-order valence-corrected chi connectivity index (χ3v) is 5.10. The molecule has 0 radical (unpaired) electrons. The first-order chi connectivity index (χ1) is 14.5. The fraction of sp³-hybridized carbons (Fsp3) is 0.381. The molecule has 2 aliphatic rings. The number of pyridine rings is 1. The van der Waals surface area contributed by atoms with Gasteiger partial charge in [-0.25, -0.2) is 0 Å². The van der Waals surface area contributed by atoms with E-state index in [0.29, 0.717) is 37.7 Å². The Hall–Kier alpha value is -3.49. The summed E-state index contributed by atoms with van der Waals surface area (Å²) in [6.07, 6.45) is 0.755. The molecular weight excluding hydrogens is 390 g/mol. The number of aromatic amines is 1. The van der Waals surface area contributed by atoms with Gasteiger partial charge in [-0.3, -0.25) is 14.4 Å². The number of hydrogen-bond donors (Lipinski definition) is 1. The molecule has 9 nitrogen and oxygen atoms in total. The van der Waals surface area contributed by atoms with Crippen LogP contribution >= 0.6 is 0 Å². The Morgan fingerprint density at radius 1 is 1.13 bits per heavy atom. The molecule has 0 spiro atoms. The molecule has 1 aromatic carbocycles. The highest BCUT2D eigenvalue weighted by Crippen LogP contribution is 2.31. The summed E-state index contributed by atoms with van der Waals surface area (Å²) < 4.78 is 16.8. The number of ether oxygens (including phenoxy) is 3. The largest absolute Gasteiger partial charge is 0.485 e. The summed E-state index contributed by atoms with van der Waals surface area (Å²) in [7, 11) is 0. The summed E-state index contributed by atoms with van der Waals surface area (Å²) in [5.74, 6) is 0.910. The molecule has 9 heteroatoms. The van der Waals surface area contributed by atoms with Crippen molar-refractivity contribution in [2.75, 3.05) is 39.4 Å². The lowest BCUT2D eigenvalue weighted by Gasteiger charge is -2.37. The Kier molecular flexibility index (Phi) is 5.60. The smallest absolute Gasteiger partial charge is 0.267 e. The molecule has 0 aliphatic carbocycles. The number of aryl methyl sites for hydroxylation is 1. The number of nitrogens with one attached hydrogen (secondary N) is 1. The summed E-state index contributed by atoms with van der Waals surface area (Å²) >= 11 is 0. The molecule has 4 rings (SSSR count). The molecular formula is C21H23N3O6. The van der Waals surface area contributed by atoms with Gasteiger partial charge in [-0.2, -0.15) is 0 Å². The fourth-order valence-electron chi connectivity index (χ4n) is 3.42. The number of H-pyrrole nitrogens is 1. The Morgan fingerprint density at radius 3 is 2.57 bits per heavy atom. The van der Waals surface area contributed by atoms with Crippen LogP contribution in [-0.2, 0) is 9.59 Å². The van der Waals surface area contributed by atoms with Gasteiger partial charge in [-0.05, 0) is 19.1 Å². The molecule has 1 saturated heterocycles. The molecule has 2 amide bonds. The Morgan fingerprint density at radius 2 is 1.83 bits per heavy atom. The predicted molar refractivity (Wildman–Crippen MR) is 107 cm³/mol. The second kappa shape index (κ2) is 8.48. The quantitative estimate of drug-likeness (QED) is 0.787. The SMILES string of the molecule is Cc1cc(=O)c(OCC(=O)N2CCN(C(=O)[C@H]3COc4ccccc4O3)CC2)c[nH]1. The van der Waals surface area contributed by atoms with Gasteiger partial charge in [-0.1, -0.05) is 12.1 Å². The maximum absolute atomic E-state index is 12.8. The van der Waals surface area contributed by atoms with E-state index in [1.165, 1.54) is 12.3 Å². The molecule has 0 bridgehead atoms. The van der Waals surface area contributed by atoms with Crippen LogP contribution in [0, 0.1) is 6.92 Å². The zero-order valence-electron chi connectivity index (χ0n) is 16.6. The van der Waals surface area contributed by atoms with Crippen LogP contribution in [0.25, 0.3) is 0 Å². The molecule has 2 aliphatic heterocycles. The van der Waals surface area contributed by atoms with Gasteiger partial charge >= 0.3 is 0 Å². The van der Waals surface area contributed by atoms with E-state index in [4.69, 9.17) is 14.2 Å². The van der Waals surface area contributed by atoms with Crippen molar-refractivity contribution in [3.05, 3.63) is 52.4 Å². The topological polar surface area (TPSA) is 101 Å². The fourth-order valence-corrected chi connectivity index (χ4v) is 3.42. The standard InChI is InChI=1S/C21H23N3O6/c1-14-10-15(25)18(11-22-14)29-13-20(26)23-6-8-24(9-7-23)21(27)19-12-28-16-4-2-3-5-17(16)30-19/h2-5,10-11,19H,6-9,12-13H2,1H3,(H,22,25)/t19-/m1/s1. The van der Waals surface area contributed by atoms with Gasteiger partial charge in [0.1, 0.15) is 6.61 Å². The first-order valence-corrected chi connectivity index (χ1v) is 9.78. The number of nitrogens with zero attached hydrogens (tertiary/aromatic N) is 2. The van der Waals surface area contributed by atoms with E-state index in [2.05, 4.69) is 4.98 Å². The monoisotopic (exact) mass is 413 g/mol. The van der Waals surface area contributed by atoms with Crippen molar-refractivity contribution in [2.24, 2.45) is 0 Å². The summed E-state index contributed by atoms with van der Waals surface area (Å²) in [6, 6.07) is 8.66. The first kappa shape index (κ1) is 19.8. The Labute approximate surface area is 173 Å². The van der Waals surface area contributed by atoms with E-state index in [9.17, 15) is 14.4 Å². The number of carbonyl (C=O) groups excluding carboxylic acids is 2. The molecule has 158 valence electrons. The number of para-hydroxylation sites is 2. The van der Waals surface area contributed by atoms with Crippen molar-refractivity contribution in [3.63, 3.8) is 0 Å². The van der Waals surface area contributed by atoms with E-state index < -0.39 is 6.10 Å². The normalized spacial score (nSPS) is 18.1. The van der Waals surface area contributed by atoms with Gasteiger partial charge in [0.2, 0.25) is 11.5 Å². The molecule has 0 unspecified atom stereocenters. The Bertz CT molecular complexity index is 996. The zero-order valence-corrected chi connectivity index (χ0v) is 16.6. The lowest BCUT2D eigenvalue weighted by Crippen LogP contribution is -2.55. The zero-order chi connectivity index (χ0) is 21.1. The van der Waals surface area contributed by atoms with Crippen molar-refractivity contribution in [1.29, 1.82) is 0 Å². The number of aromatic nitrogens is 1. The third kappa shape index (κ3) is 4.24. The van der Waals surface area contributed by atoms with E-state index >= 15 is 0 Å². The molecule has 1 atom stereocenters. The minimum atomic E-state index is -0.696. The summed E-state index contributed by atoms with van der Waals surface area (Å²) in [5.41, 5.74) is 0.445. The van der Waals surface area contributed by atoms with E-state index in [1.807, 2.05) is 12.1 Å². The van der Waals surface area contributed by atoms with Gasteiger partial charge in [0, 0.05) is 44.1 Å². The number of carbonyl (C=O) groups is 2. The lowest BCUT2D eigenvalue weighted by atomic mass is 10.2. The van der Waals surface area contributed by atoms with Crippen molar-refractivity contribution in [2.45, 2.75) is 13.0 Å². The maximum atomic E-state index is 12.8. The number of fused-ring (bicyclic) bond motifs is 1. The van der Waals surface area contributed by atoms with Crippen LogP contribution in [0.3, 0.4) is 0 Å². The number of benzene rings is 1. The summed E-state index contributed by atoms with van der Waals surface area (Å²) in [4.78, 5) is 43.2. The van der Waals surface area contributed by atoms with Crippen molar-refractivity contribution in [3.8, 4) is 17.2 Å². The van der Waals surface area contributed by atoms with Crippen LogP contribution in [0.4, 0.5) is 0 Å². The minimum absolute atomic E-state index is 0.109. The predicted octanol–water partition coefficient (Wildman–Crippen LogP) is 0.573. The average Bonchev–Trinajstić information content (AvgIpc) is 2.77. The second-order valence-corrected chi connectivity index (χ2v) is 7.20. The molecule has 1 aromatic heterocycles. The van der Waals surface area contributed by atoms with Crippen LogP contribution in [0.1, 0.15) is 5.69 Å². The molecule has 0 saturated carbocycles. The van der Waals surface area contributed by atoms with Crippen LogP contribution in [-0.4, -0.2) is 72.1 Å². The highest BCUT2D eigenvalue weighted by atomic mass is 16.6. The first-order valence-electron chi connectivity index (χ1n) is 9.78. The lowest BCUT2D eigenvalue weighted by molar-refractivity contribution is -0.146. The second-order valence-electron chi connectivity index (χ2n) is 7.20. The number of amides is 2. The minimum Gasteiger partial charge on any atom is -0.485 e. The number of piperazine rings is 1. The highest BCUT2D eigenvalue weighted by Gasteiger charge is 2.33. The molecule has 3 heterocycles. The van der Waals surface area contributed by atoms with Crippen molar-refractivity contribution >= 4 is 11.8 Å². The summed E-state index contributed by atoms with van der Waals surface area (Å²) in [6.45, 7) is 3.28. The average molecular weight is 413 g/mol. The number of rotatable bonds is 4. The van der Waals surface area contributed by atoms with E-state index in [0.717, 1.165) is 5.69 Å². The molecule has 1 N–H and O–H groups in total. The molecule has 30 heavy (non-hydrogen) atoms. The van der Waals surface area contributed by atoms with Crippen LogP contribution in [0.5, 0.6) is 17.2 Å². The van der Waals surface area contributed by atoms with Crippen LogP contribution in [0.2, 0.25) is 0 Å².